The molecule has 0 fully saturated rings. The topological polar surface area (TPSA) is 73.9 Å². The first kappa shape index (κ1) is 20.6. The molecule has 144 valence electrons. The number of hydrogen-bond donors (Lipinski definition) is 1. The van der Waals surface area contributed by atoms with Crippen LogP contribution in [-0.4, -0.2) is 38.2 Å². The minimum Gasteiger partial charge on any atom is -0.494 e. The number of amides is 1. The van der Waals surface area contributed by atoms with Crippen molar-refractivity contribution in [1.29, 1.82) is 0 Å². The molecule has 0 bridgehead atoms. The quantitative estimate of drug-likeness (QED) is 0.498. The molecule has 0 aliphatic carbocycles. The Morgan fingerprint density at radius 1 is 0.963 bits per heavy atom. The third-order valence-corrected chi connectivity index (χ3v) is 3.71. The van der Waals surface area contributed by atoms with E-state index in [-0.39, 0.29) is 18.9 Å². The van der Waals surface area contributed by atoms with Crippen LogP contribution in [0.3, 0.4) is 0 Å². The summed E-state index contributed by atoms with van der Waals surface area (Å²) >= 11 is 5.79. The Labute approximate surface area is 163 Å². The van der Waals surface area contributed by atoms with E-state index in [1.54, 1.807) is 36.4 Å². The number of benzene rings is 2. The van der Waals surface area contributed by atoms with E-state index in [9.17, 15) is 9.59 Å². The Balaban J connectivity index is 1.59. The van der Waals surface area contributed by atoms with Gasteiger partial charge in [-0.25, -0.2) is 0 Å². The SMILES string of the molecule is CCOc1ccc(OCCNC(=O)COC(=O)Cc2ccc(Cl)cc2)cc1. The largest absolute Gasteiger partial charge is 0.494 e. The van der Waals surface area contributed by atoms with Crippen LogP contribution in [0.25, 0.3) is 0 Å². The second-order valence-electron chi connectivity index (χ2n) is 5.57. The average Bonchev–Trinajstić information content (AvgIpc) is 2.67. The molecule has 0 spiro atoms. The van der Waals surface area contributed by atoms with E-state index in [0.717, 1.165) is 11.3 Å². The summed E-state index contributed by atoms with van der Waals surface area (Å²) in [5.41, 5.74) is 0.772. The van der Waals surface area contributed by atoms with E-state index in [4.69, 9.17) is 25.8 Å². The van der Waals surface area contributed by atoms with Crippen LogP contribution in [0.4, 0.5) is 0 Å². The van der Waals surface area contributed by atoms with E-state index < -0.39 is 5.97 Å². The molecule has 0 aromatic heterocycles. The number of carbonyl (C=O) groups excluding carboxylic acids is 2. The van der Waals surface area contributed by atoms with Gasteiger partial charge in [-0.2, -0.15) is 0 Å². The van der Waals surface area contributed by atoms with Crippen molar-refractivity contribution in [3.05, 3.63) is 59.1 Å². The Morgan fingerprint density at radius 3 is 2.22 bits per heavy atom. The molecule has 2 aromatic carbocycles. The Morgan fingerprint density at radius 2 is 1.59 bits per heavy atom. The molecule has 0 atom stereocenters. The Bertz CT molecular complexity index is 731. The van der Waals surface area contributed by atoms with Gasteiger partial charge in [0.2, 0.25) is 0 Å². The number of rotatable bonds is 10. The molecule has 0 radical (unpaired) electrons. The maximum atomic E-state index is 11.7. The highest BCUT2D eigenvalue weighted by atomic mass is 35.5. The first-order valence-corrected chi connectivity index (χ1v) is 8.97. The van der Waals surface area contributed by atoms with Gasteiger partial charge >= 0.3 is 5.97 Å². The second kappa shape index (κ2) is 11.1. The molecular weight excluding hydrogens is 370 g/mol. The van der Waals surface area contributed by atoms with Crippen LogP contribution in [0.15, 0.2) is 48.5 Å². The van der Waals surface area contributed by atoms with Crippen LogP contribution < -0.4 is 14.8 Å². The van der Waals surface area contributed by atoms with Crippen LogP contribution in [0, 0.1) is 0 Å². The third-order valence-electron chi connectivity index (χ3n) is 3.45. The minimum atomic E-state index is -0.474. The van der Waals surface area contributed by atoms with Gasteiger partial charge in [0.05, 0.1) is 19.6 Å². The number of hydrogen-bond acceptors (Lipinski definition) is 5. The van der Waals surface area contributed by atoms with Crippen molar-refractivity contribution in [2.75, 3.05) is 26.4 Å². The predicted molar refractivity (Wildman–Crippen MR) is 102 cm³/mol. The molecule has 1 N–H and O–H groups in total. The number of ether oxygens (including phenoxy) is 3. The zero-order valence-corrected chi connectivity index (χ0v) is 15.8. The highest BCUT2D eigenvalue weighted by Gasteiger charge is 2.08. The van der Waals surface area contributed by atoms with Gasteiger partial charge in [0.25, 0.3) is 5.91 Å². The van der Waals surface area contributed by atoms with Gasteiger partial charge in [0.1, 0.15) is 18.1 Å². The molecule has 6 nitrogen and oxygen atoms in total. The van der Waals surface area contributed by atoms with Crippen LogP contribution in [0.1, 0.15) is 12.5 Å². The lowest BCUT2D eigenvalue weighted by Crippen LogP contribution is -2.32. The Hall–Kier alpha value is -2.73. The zero-order chi connectivity index (χ0) is 19.5. The van der Waals surface area contributed by atoms with Crippen LogP contribution in [-0.2, 0) is 20.7 Å². The maximum Gasteiger partial charge on any atom is 0.310 e. The van der Waals surface area contributed by atoms with Crippen molar-refractivity contribution >= 4 is 23.5 Å². The monoisotopic (exact) mass is 391 g/mol. The van der Waals surface area contributed by atoms with E-state index in [1.165, 1.54) is 0 Å². The summed E-state index contributed by atoms with van der Waals surface area (Å²) in [5, 5.41) is 3.22. The van der Waals surface area contributed by atoms with Crippen LogP contribution >= 0.6 is 11.6 Å². The molecule has 0 heterocycles. The van der Waals surface area contributed by atoms with Crippen LogP contribution in [0.5, 0.6) is 11.5 Å². The predicted octanol–water partition coefficient (Wildman–Crippen LogP) is 3.02. The molecule has 7 heteroatoms. The third kappa shape index (κ3) is 8.00. The summed E-state index contributed by atoms with van der Waals surface area (Å²) < 4.78 is 15.8. The normalized spacial score (nSPS) is 10.1. The van der Waals surface area contributed by atoms with Gasteiger partial charge < -0.3 is 19.5 Å². The fraction of sp³-hybridized carbons (Fsp3) is 0.300. The summed E-state index contributed by atoms with van der Waals surface area (Å²) in [6.45, 7) is 2.81. The van der Waals surface area contributed by atoms with Crippen molar-refractivity contribution in [2.24, 2.45) is 0 Å². The maximum absolute atomic E-state index is 11.7. The lowest BCUT2D eigenvalue weighted by Gasteiger charge is -2.09. The fourth-order valence-corrected chi connectivity index (χ4v) is 2.30. The lowest BCUT2D eigenvalue weighted by molar-refractivity contribution is -0.147. The molecule has 27 heavy (non-hydrogen) atoms. The summed E-state index contributed by atoms with van der Waals surface area (Å²) in [5.74, 6) is 0.605. The molecule has 0 unspecified atom stereocenters. The van der Waals surface area contributed by atoms with Crippen molar-refractivity contribution in [1.82, 2.24) is 5.32 Å². The molecule has 2 rings (SSSR count). The second-order valence-corrected chi connectivity index (χ2v) is 6.00. The number of esters is 1. The highest BCUT2D eigenvalue weighted by Crippen LogP contribution is 2.17. The van der Waals surface area contributed by atoms with E-state index in [0.29, 0.717) is 30.5 Å². The van der Waals surface area contributed by atoms with Crippen molar-refractivity contribution in [3.8, 4) is 11.5 Å². The smallest absolute Gasteiger partial charge is 0.310 e. The number of carbonyl (C=O) groups is 2. The molecule has 0 saturated heterocycles. The fourth-order valence-electron chi connectivity index (χ4n) is 2.18. The first-order valence-electron chi connectivity index (χ1n) is 8.59. The standard InChI is InChI=1S/C20H22ClNO5/c1-2-25-17-7-9-18(10-8-17)26-12-11-22-19(23)14-27-20(24)13-15-3-5-16(21)6-4-15/h3-10H,2,11-14H2,1H3,(H,22,23). The molecule has 0 aliphatic rings. The van der Waals surface area contributed by atoms with Crippen LogP contribution in [0.2, 0.25) is 5.02 Å². The number of halogens is 1. The zero-order valence-electron chi connectivity index (χ0n) is 15.1. The van der Waals surface area contributed by atoms with Crippen molar-refractivity contribution < 1.29 is 23.8 Å². The van der Waals surface area contributed by atoms with Gasteiger partial charge in [-0.05, 0) is 48.9 Å². The molecule has 2 aromatic rings. The van der Waals surface area contributed by atoms with Gasteiger partial charge in [-0.1, -0.05) is 23.7 Å². The van der Waals surface area contributed by atoms with Gasteiger partial charge in [-0.15, -0.1) is 0 Å². The van der Waals surface area contributed by atoms with Gasteiger partial charge in [0.15, 0.2) is 6.61 Å². The average molecular weight is 392 g/mol. The summed E-state index contributed by atoms with van der Waals surface area (Å²) in [6.07, 6.45) is 0.0886. The molecule has 1 amide bonds. The molecule has 0 aliphatic heterocycles. The summed E-state index contributed by atoms with van der Waals surface area (Å²) in [6, 6.07) is 14.1. The highest BCUT2D eigenvalue weighted by molar-refractivity contribution is 6.30. The van der Waals surface area contributed by atoms with Gasteiger partial charge in [-0.3, -0.25) is 9.59 Å². The molecule has 0 saturated carbocycles. The van der Waals surface area contributed by atoms with E-state index >= 15 is 0 Å². The Kier molecular flexibility index (Phi) is 8.45. The number of nitrogens with one attached hydrogen (secondary N) is 1. The summed E-state index contributed by atoms with van der Waals surface area (Å²) in [7, 11) is 0. The van der Waals surface area contributed by atoms with E-state index in [2.05, 4.69) is 5.32 Å². The van der Waals surface area contributed by atoms with Gasteiger partial charge in [0, 0.05) is 5.02 Å². The van der Waals surface area contributed by atoms with E-state index in [1.807, 2.05) is 19.1 Å². The lowest BCUT2D eigenvalue weighted by atomic mass is 10.1. The van der Waals surface area contributed by atoms with Crippen molar-refractivity contribution in [3.63, 3.8) is 0 Å². The molecular formula is C20H22ClNO5. The van der Waals surface area contributed by atoms with Crippen molar-refractivity contribution in [2.45, 2.75) is 13.3 Å². The first-order chi connectivity index (χ1) is 13.1. The summed E-state index contributed by atoms with van der Waals surface area (Å²) in [4.78, 5) is 23.4. The minimum absolute atomic E-state index is 0.0886.